The molecule has 1 aliphatic rings. The van der Waals surface area contributed by atoms with Crippen molar-refractivity contribution < 1.29 is 0 Å². The van der Waals surface area contributed by atoms with E-state index in [2.05, 4.69) is 26.1 Å². The van der Waals surface area contributed by atoms with E-state index >= 15 is 0 Å². The molecule has 1 unspecified atom stereocenters. The van der Waals surface area contributed by atoms with E-state index in [1.807, 2.05) is 0 Å². The Kier molecular flexibility index (Phi) is 4.60. The highest BCUT2D eigenvalue weighted by molar-refractivity contribution is 4.87. The van der Waals surface area contributed by atoms with Gasteiger partial charge in [0.25, 0.3) is 0 Å². The summed E-state index contributed by atoms with van der Waals surface area (Å²) in [7, 11) is 0. The first-order chi connectivity index (χ1) is 7.04. The second-order valence-corrected chi connectivity index (χ2v) is 5.67. The summed E-state index contributed by atoms with van der Waals surface area (Å²) < 4.78 is 0. The van der Waals surface area contributed by atoms with E-state index in [4.69, 9.17) is 5.73 Å². The van der Waals surface area contributed by atoms with Gasteiger partial charge in [-0.2, -0.15) is 0 Å². The fourth-order valence-electron chi connectivity index (χ4n) is 2.52. The van der Waals surface area contributed by atoms with Crippen molar-refractivity contribution in [2.24, 2.45) is 11.1 Å². The predicted octanol–water partition coefficient (Wildman–Crippen LogP) is 2.67. The molecule has 0 radical (unpaired) electrons. The average Bonchev–Trinajstić information content (AvgIpc) is 2.67. The first-order valence-electron chi connectivity index (χ1n) is 6.53. The van der Waals surface area contributed by atoms with E-state index in [0.29, 0.717) is 5.41 Å². The van der Waals surface area contributed by atoms with Crippen LogP contribution >= 0.6 is 0 Å². The molecule has 0 aliphatic heterocycles. The second-order valence-electron chi connectivity index (χ2n) is 5.67. The van der Waals surface area contributed by atoms with Crippen LogP contribution in [-0.2, 0) is 0 Å². The molecule has 0 heterocycles. The van der Waals surface area contributed by atoms with Gasteiger partial charge in [-0.15, -0.1) is 0 Å². The van der Waals surface area contributed by atoms with Gasteiger partial charge >= 0.3 is 0 Å². The Balaban J connectivity index is 2.29. The van der Waals surface area contributed by atoms with Gasteiger partial charge in [0, 0.05) is 18.6 Å². The molecular formula is C13H28N2. The molecule has 90 valence electrons. The molecule has 0 aromatic carbocycles. The quantitative estimate of drug-likeness (QED) is 0.710. The Morgan fingerprint density at radius 1 is 1.27 bits per heavy atom. The molecule has 0 spiro atoms. The van der Waals surface area contributed by atoms with E-state index < -0.39 is 0 Å². The molecule has 15 heavy (non-hydrogen) atoms. The molecule has 0 aromatic heterocycles. The van der Waals surface area contributed by atoms with E-state index in [1.54, 1.807) is 0 Å². The molecule has 0 bridgehead atoms. The highest BCUT2D eigenvalue weighted by atomic mass is 14.9. The van der Waals surface area contributed by atoms with Crippen molar-refractivity contribution in [2.45, 2.75) is 64.8 Å². The zero-order valence-corrected chi connectivity index (χ0v) is 10.7. The summed E-state index contributed by atoms with van der Waals surface area (Å²) in [6, 6.07) is 0. The number of rotatable bonds is 6. The van der Waals surface area contributed by atoms with Crippen LogP contribution in [-0.4, -0.2) is 18.6 Å². The molecule has 0 saturated heterocycles. The Morgan fingerprint density at radius 3 is 2.33 bits per heavy atom. The first kappa shape index (κ1) is 13.0. The fourth-order valence-corrected chi connectivity index (χ4v) is 2.52. The Hall–Kier alpha value is -0.0800. The molecule has 1 saturated carbocycles. The summed E-state index contributed by atoms with van der Waals surface area (Å²) in [5.41, 5.74) is 6.68. The highest BCUT2D eigenvalue weighted by Gasteiger charge is 2.31. The second kappa shape index (κ2) is 5.31. The lowest BCUT2D eigenvalue weighted by Crippen LogP contribution is -2.47. The molecule has 1 rings (SSSR count). The van der Waals surface area contributed by atoms with Crippen LogP contribution in [0.4, 0.5) is 0 Å². The van der Waals surface area contributed by atoms with E-state index in [9.17, 15) is 0 Å². The van der Waals surface area contributed by atoms with Crippen LogP contribution in [0, 0.1) is 5.41 Å². The van der Waals surface area contributed by atoms with Crippen LogP contribution in [0.5, 0.6) is 0 Å². The highest BCUT2D eigenvalue weighted by Crippen LogP contribution is 2.40. The van der Waals surface area contributed by atoms with Crippen molar-refractivity contribution in [3.8, 4) is 0 Å². The summed E-state index contributed by atoms with van der Waals surface area (Å²) in [5.74, 6) is 0. The maximum atomic E-state index is 6.12. The van der Waals surface area contributed by atoms with Crippen molar-refractivity contribution in [2.75, 3.05) is 13.1 Å². The lowest BCUT2D eigenvalue weighted by atomic mass is 9.83. The molecule has 1 fully saturated rings. The van der Waals surface area contributed by atoms with Crippen molar-refractivity contribution in [3.63, 3.8) is 0 Å². The van der Waals surface area contributed by atoms with Crippen molar-refractivity contribution in [3.05, 3.63) is 0 Å². The summed E-state index contributed by atoms with van der Waals surface area (Å²) in [4.78, 5) is 0. The minimum Gasteiger partial charge on any atom is -0.324 e. The number of nitrogens with one attached hydrogen (secondary N) is 1. The zero-order chi connectivity index (χ0) is 11.4. The Labute approximate surface area is 95.0 Å². The topological polar surface area (TPSA) is 38.0 Å². The zero-order valence-electron chi connectivity index (χ0n) is 10.7. The molecule has 3 N–H and O–H groups in total. The van der Waals surface area contributed by atoms with E-state index in [-0.39, 0.29) is 5.54 Å². The van der Waals surface area contributed by atoms with Crippen LogP contribution in [0.3, 0.4) is 0 Å². The molecule has 2 heteroatoms. The summed E-state index contributed by atoms with van der Waals surface area (Å²) in [6.07, 6.45) is 8.01. The fraction of sp³-hybridized carbons (Fsp3) is 1.00. The van der Waals surface area contributed by atoms with Crippen LogP contribution in [0.2, 0.25) is 0 Å². The average molecular weight is 212 g/mol. The van der Waals surface area contributed by atoms with Crippen molar-refractivity contribution in [1.29, 1.82) is 0 Å². The van der Waals surface area contributed by atoms with Gasteiger partial charge in [-0.05, 0) is 38.0 Å². The van der Waals surface area contributed by atoms with Crippen LogP contribution in [0.15, 0.2) is 0 Å². The molecular weight excluding hydrogens is 184 g/mol. The minimum absolute atomic E-state index is 0.0342. The summed E-state index contributed by atoms with van der Waals surface area (Å²) in [5, 5.41) is 3.59. The molecule has 1 aliphatic carbocycles. The minimum atomic E-state index is -0.0342. The van der Waals surface area contributed by atoms with Gasteiger partial charge in [0.1, 0.15) is 0 Å². The third-order valence-electron chi connectivity index (χ3n) is 4.25. The molecule has 0 aromatic rings. The number of hydrogen-bond donors (Lipinski definition) is 2. The maximum absolute atomic E-state index is 6.12. The first-order valence-corrected chi connectivity index (χ1v) is 6.53. The summed E-state index contributed by atoms with van der Waals surface area (Å²) >= 11 is 0. The molecule has 1 atom stereocenters. The van der Waals surface area contributed by atoms with Gasteiger partial charge < -0.3 is 11.1 Å². The Bertz CT molecular complexity index is 181. The standard InChI is InChI=1S/C13H28N2/c1-4-12(3,14)10-15-11-13(5-2)8-6-7-9-13/h15H,4-11,14H2,1-3H3. The van der Waals surface area contributed by atoms with Crippen LogP contribution in [0.1, 0.15) is 59.3 Å². The van der Waals surface area contributed by atoms with Gasteiger partial charge in [0.2, 0.25) is 0 Å². The van der Waals surface area contributed by atoms with Crippen LogP contribution in [0.25, 0.3) is 0 Å². The van der Waals surface area contributed by atoms with Crippen molar-refractivity contribution in [1.82, 2.24) is 5.32 Å². The number of hydrogen-bond acceptors (Lipinski definition) is 2. The van der Waals surface area contributed by atoms with Crippen molar-refractivity contribution >= 4 is 0 Å². The Morgan fingerprint density at radius 2 is 1.87 bits per heavy atom. The van der Waals surface area contributed by atoms with E-state index in [0.717, 1.165) is 19.5 Å². The third-order valence-corrected chi connectivity index (χ3v) is 4.25. The van der Waals surface area contributed by atoms with Gasteiger partial charge in [0.15, 0.2) is 0 Å². The lowest BCUT2D eigenvalue weighted by molar-refractivity contribution is 0.257. The third kappa shape index (κ3) is 3.76. The molecule has 2 nitrogen and oxygen atoms in total. The summed E-state index contributed by atoms with van der Waals surface area (Å²) in [6.45, 7) is 8.73. The smallest absolute Gasteiger partial charge is 0.0249 e. The predicted molar refractivity (Wildman–Crippen MR) is 66.9 cm³/mol. The maximum Gasteiger partial charge on any atom is 0.0249 e. The number of nitrogens with two attached hydrogens (primary N) is 1. The lowest BCUT2D eigenvalue weighted by Gasteiger charge is -2.31. The normalized spacial score (nSPS) is 24.0. The SMILES string of the molecule is CCC(C)(N)CNCC1(CC)CCCC1. The van der Waals surface area contributed by atoms with Gasteiger partial charge in [0.05, 0.1) is 0 Å². The molecule has 0 amide bonds. The van der Waals surface area contributed by atoms with Gasteiger partial charge in [-0.25, -0.2) is 0 Å². The largest absolute Gasteiger partial charge is 0.324 e. The van der Waals surface area contributed by atoms with E-state index in [1.165, 1.54) is 32.1 Å². The van der Waals surface area contributed by atoms with Gasteiger partial charge in [-0.1, -0.05) is 26.7 Å². The monoisotopic (exact) mass is 212 g/mol. The van der Waals surface area contributed by atoms with Gasteiger partial charge in [-0.3, -0.25) is 0 Å². The van der Waals surface area contributed by atoms with Crippen LogP contribution < -0.4 is 11.1 Å².